The molecule has 1 aromatic carbocycles. The highest BCUT2D eigenvalue weighted by molar-refractivity contribution is 7.89. The summed E-state index contributed by atoms with van der Waals surface area (Å²) in [5.74, 6) is -0.180. The molecule has 1 saturated heterocycles. The van der Waals surface area contributed by atoms with Gasteiger partial charge in [0.2, 0.25) is 21.8 Å². The van der Waals surface area contributed by atoms with Crippen LogP contribution in [0, 0.1) is 0 Å². The third kappa shape index (κ3) is 5.09. The Morgan fingerprint density at radius 2 is 2.03 bits per heavy atom. The number of piperazine rings is 1. The van der Waals surface area contributed by atoms with Crippen LogP contribution in [0.2, 0.25) is 0 Å². The minimum Gasteiger partial charge on any atom is -0.478 e. The molecular formula is C19H22N4O5S. The maximum Gasteiger partial charge on any atom is 0.251 e. The molecule has 0 atom stereocenters. The number of ether oxygens (including phenoxy) is 1. The van der Waals surface area contributed by atoms with E-state index in [1.165, 1.54) is 24.3 Å². The summed E-state index contributed by atoms with van der Waals surface area (Å²) in [5.41, 5.74) is 1.17. The van der Waals surface area contributed by atoms with Crippen molar-refractivity contribution in [1.82, 2.24) is 19.9 Å². The molecule has 0 saturated carbocycles. The van der Waals surface area contributed by atoms with Crippen molar-refractivity contribution < 1.29 is 22.7 Å². The summed E-state index contributed by atoms with van der Waals surface area (Å²) in [6, 6.07) is 9.16. The lowest BCUT2D eigenvalue weighted by Gasteiger charge is -2.25. The summed E-state index contributed by atoms with van der Waals surface area (Å²) in [4.78, 5) is 27.9. The molecule has 2 N–H and O–H groups in total. The molecule has 2 amide bonds. The molecule has 0 aliphatic carbocycles. The van der Waals surface area contributed by atoms with Gasteiger partial charge in [0, 0.05) is 37.5 Å². The lowest BCUT2D eigenvalue weighted by Crippen LogP contribution is -2.49. The summed E-state index contributed by atoms with van der Waals surface area (Å²) < 4.78 is 31.7. The average Bonchev–Trinajstić information content (AvgIpc) is 2.73. The number of hydrogen-bond donors (Lipinski definition) is 2. The Kier molecular flexibility index (Phi) is 6.45. The van der Waals surface area contributed by atoms with Gasteiger partial charge in [0.1, 0.15) is 0 Å². The standard InChI is InChI=1S/C19H22N4O5S/c1-2-28-18-11-14(7-8-21-18)12-22-19(25)15-3-5-16(6-4-15)29(26,27)23-10-9-20-17(24)13-23/h3-8,11H,2,9-10,12-13H2,1H3,(H,20,24)(H,22,25). The molecule has 1 aliphatic rings. The van der Waals surface area contributed by atoms with Gasteiger partial charge in [-0.05, 0) is 42.8 Å². The minimum atomic E-state index is -3.78. The van der Waals surface area contributed by atoms with E-state index in [0.29, 0.717) is 18.1 Å². The number of sulfonamides is 1. The average molecular weight is 418 g/mol. The fourth-order valence-corrected chi connectivity index (χ4v) is 4.22. The van der Waals surface area contributed by atoms with E-state index in [1.54, 1.807) is 18.3 Å². The molecule has 1 fully saturated rings. The van der Waals surface area contributed by atoms with Crippen molar-refractivity contribution in [2.24, 2.45) is 0 Å². The topological polar surface area (TPSA) is 118 Å². The van der Waals surface area contributed by atoms with Crippen molar-refractivity contribution in [2.45, 2.75) is 18.4 Å². The number of hydrogen-bond acceptors (Lipinski definition) is 6. The van der Waals surface area contributed by atoms with Crippen LogP contribution in [0.5, 0.6) is 5.88 Å². The molecule has 0 bridgehead atoms. The Morgan fingerprint density at radius 3 is 2.72 bits per heavy atom. The molecule has 1 aliphatic heterocycles. The summed E-state index contributed by atoms with van der Waals surface area (Å²) in [6.45, 7) is 2.93. The van der Waals surface area contributed by atoms with Crippen LogP contribution >= 0.6 is 0 Å². The van der Waals surface area contributed by atoms with Crippen molar-refractivity contribution in [2.75, 3.05) is 26.2 Å². The normalized spacial score (nSPS) is 14.9. The van der Waals surface area contributed by atoms with Gasteiger partial charge in [-0.2, -0.15) is 4.31 Å². The van der Waals surface area contributed by atoms with Gasteiger partial charge in [0.25, 0.3) is 5.91 Å². The number of pyridine rings is 1. The predicted molar refractivity (Wildman–Crippen MR) is 105 cm³/mol. The fourth-order valence-electron chi connectivity index (χ4n) is 2.82. The molecule has 0 spiro atoms. The van der Waals surface area contributed by atoms with E-state index in [4.69, 9.17) is 4.74 Å². The second kappa shape index (κ2) is 9.01. The number of benzene rings is 1. The second-order valence-corrected chi connectivity index (χ2v) is 8.27. The quantitative estimate of drug-likeness (QED) is 0.677. The first-order chi connectivity index (χ1) is 13.9. The van der Waals surface area contributed by atoms with Crippen LogP contribution in [0.1, 0.15) is 22.8 Å². The minimum absolute atomic E-state index is 0.0410. The maximum absolute atomic E-state index is 12.6. The van der Waals surface area contributed by atoms with Gasteiger partial charge in [0.15, 0.2) is 0 Å². The highest BCUT2D eigenvalue weighted by atomic mass is 32.2. The number of carbonyl (C=O) groups excluding carboxylic acids is 2. The highest BCUT2D eigenvalue weighted by Gasteiger charge is 2.29. The largest absolute Gasteiger partial charge is 0.478 e. The molecule has 1 aromatic heterocycles. The molecular weight excluding hydrogens is 396 g/mol. The molecule has 154 valence electrons. The summed E-state index contributed by atoms with van der Waals surface area (Å²) in [7, 11) is -3.78. The summed E-state index contributed by atoms with van der Waals surface area (Å²) in [5, 5.41) is 5.36. The van der Waals surface area contributed by atoms with Crippen molar-refractivity contribution in [3.63, 3.8) is 0 Å². The van der Waals surface area contributed by atoms with E-state index in [-0.39, 0.29) is 42.9 Å². The van der Waals surface area contributed by atoms with Gasteiger partial charge in [-0.1, -0.05) is 0 Å². The molecule has 0 unspecified atom stereocenters. The van der Waals surface area contributed by atoms with E-state index in [1.807, 2.05) is 6.92 Å². The molecule has 0 radical (unpaired) electrons. The number of carbonyl (C=O) groups is 2. The van der Waals surface area contributed by atoms with Crippen LogP contribution < -0.4 is 15.4 Å². The Morgan fingerprint density at radius 1 is 1.28 bits per heavy atom. The van der Waals surface area contributed by atoms with E-state index in [2.05, 4.69) is 15.6 Å². The lowest BCUT2D eigenvalue weighted by molar-refractivity contribution is -0.122. The van der Waals surface area contributed by atoms with Crippen LogP contribution in [0.15, 0.2) is 47.5 Å². The number of aromatic nitrogens is 1. The highest BCUT2D eigenvalue weighted by Crippen LogP contribution is 2.17. The van der Waals surface area contributed by atoms with Crippen LogP contribution in [0.3, 0.4) is 0 Å². The van der Waals surface area contributed by atoms with Crippen molar-refractivity contribution in [3.8, 4) is 5.88 Å². The monoisotopic (exact) mass is 418 g/mol. The van der Waals surface area contributed by atoms with Crippen LogP contribution in [-0.4, -0.2) is 55.8 Å². The van der Waals surface area contributed by atoms with Gasteiger partial charge in [0.05, 0.1) is 18.0 Å². The van der Waals surface area contributed by atoms with Gasteiger partial charge in [-0.15, -0.1) is 0 Å². The molecule has 2 heterocycles. The SMILES string of the molecule is CCOc1cc(CNC(=O)c2ccc(S(=O)(=O)N3CCNC(=O)C3)cc2)ccn1. The zero-order valence-electron chi connectivity index (χ0n) is 15.9. The molecule has 29 heavy (non-hydrogen) atoms. The molecule has 3 rings (SSSR count). The molecule has 10 heteroatoms. The number of amides is 2. The van der Waals surface area contributed by atoms with Gasteiger partial charge < -0.3 is 15.4 Å². The number of rotatable bonds is 7. The first kappa shape index (κ1) is 20.7. The number of nitrogens with one attached hydrogen (secondary N) is 2. The third-order valence-electron chi connectivity index (χ3n) is 4.30. The first-order valence-electron chi connectivity index (χ1n) is 9.13. The predicted octanol–water partition coefficient (Wildman–Crippen LogP) is 0.531. The zero-order chi connectivity index (χ0) is 20.9. The second-order valence-electron chi connectivity index (χ2n) is 6.33. The Bertz CT molecular complexity index is 992. The van der Waals surface area contributed by atoms with E-state index < -0.39 is 10.0 Å². The van der Waals surface area contributed by atoms with Crippen LogP contribution in [0.4, 0.5) is 0 Å². The van der Waals surface area contributed by atoms with E-state index in [9.17, 15) is 18.0 Å². The van der Waals surface area contributed by atoms with E-state index in [0.717, 1.165) is 9.87 Å². The zero-order valence-corrected chi connectivity index (χ0v) is 16.7. The molecule has 2 aromatic rings. The first-order valence-corrected chi connectivity index (χ1v) is 10.6. The summed E-state index contributed by atoms with van der Waals surface area (Å²) >= 11 is 0. The van der Waals surface area contributed by atoms with Gasteiger partial charge in [-0.25, -0.2) is 13.4 Å². The Balaban J connectivity index is 1.64. The van der Waals surface area contributed by atoms with E-state index >= 15 is 0 Å². The summed E-state index contributed by atoms with van der Waals surface area (Å²) in [6.07, 6.45) is 1.60. The smallest absolute Gasteiger partial charge is 0.251 e. The fraction of sp³-hybridized carbons (Fsp3) is 0.316. The van der Waals surface area contributed by atoms with Crippen LogP contribution in [0.25, 0.3) is 0 Å². The third-order valence-corrected chi connectivity index (χ3v) is 6.16. The van der Waals surface area contributed by atoms with Crippen molar-refractivity contribution >= 4 is 21.8 Å². The Labute approximate surface area is 169 Å². The van der Waals surface area contributed by atoms with Gasteiger partial charge in [-0.3, -0.25) is 9.59 Å². The van der Waals surface area contributed by atoms with Crippen LogP contribution in [-0.2, 0) is 21.4 Å². The van der Waals surface area contributed by atoms with Crippen molar-refractivity contribution in [1.29, 1.82) is 0 Å². The van der Waals surface area contributed by atoms with Gasteiger partial charge >= 0.3 is 0 Å². The number of nitrogens with zero attached hydrogens (tertiary/aromatic N) is 2. The lowest BCUT2D eigenvalue weighted by atomic mass is 10.2. The van der Waals surface area contributed by atoms with Crippen molar-refractivity contribution in [3.05, 3.63) is 53.7 Å². The maximum atomic E-state index is 12.6. The Hall–Kier alpha value is -2.98. The molecule has 9 nitrogen and oxygen atoms in total.